The summed E-state index contributed by atoms with van der Waals surface area (Å²) < 4.78 is 5.22. The number of hydrogen-bond donors (Lipinski definition) is 3. The first-order chi connectivity index (χ1) is 26.8. The first-order valence-electron chi connectivity index (χ1n) is 18.3. The Morgan fingerprint density at radius 2 is 1.33 bits per heavy atom. The molecule has 0 amide bonds. The highest BCUT2D eigenvalue weighted by Crippen LogP contribution is 2.43. The van der Waals surface area contributed by atoms with E-state index in [1.165, 1.54) is 44.4 Å². The topological polar surface area (TPSA) is 156 Å². The van der Waals surface area contributed by atoms with Crippen molar-refractivity contribution < 1.29 is 24.2 Å². The molecule has 2 unspecified atom stereocenters. The van der Waals surface area contributed by atoms with Gasteiger partial charge >= 0.3 is 5.97 Å². The molecule has 6 aromatic rings. The molecule has 10 rings (SSSR count). The Balaban J connectivity index is 0.000000145. The van der Waals surface area contributed by atoms with Gasteiger partial charge in [0.2, 0.25) is 0 Å². The molecule has 2 aromatic carbocycles. The van der Waals surface area contributed by atoms with Crippen LogP contribution in [0.4, 0.5) is 23.0 Å². The summed E-state index contributed by atoms with van der Waals surface area (Å²) in [5.74, 6) is 1.77. The number of aryl methyl sites for hydroxylation is 2. The van der Waals surface area contributed by atoms with Crippen LogP contribution in [-0.4, -0.2) is 54.5 Å². The molecule has 0 fully saturated rings. The lowest BCUT2D eigenvalue weighted by molar-refractivity contribution is -0.148. The molecule has 3 N–H and O–H groups in total. The molecule has 0 radical (unpaired) electrons. The number of ether oxygens (including phenoxy) is 1. The molecule has 15 heteroatoms. The van der Waals surface area contributed by atoms with E-state index in [0.717, 1.165) is 96.5 Å². The Morgan fingerprint density at radius 3 is 1.87 bits per heavy atom. The summed E-state index contributed by atoms with van der Waals surface area (Å²) in [4.78, 5) is 59.9. The Labute approximate surface area is 333 Å². The van der Waals surface area contributed by atoms with Gasteiger partial charge in [-0.1, -0.05) is 35.7 Å². The standard InChI is InChI=1S/C21H19N3O3S2.C19H17N3O2S2/c1-2-27-21(26)12-4-6-14-16(7-12)29-20-18(14)19(22-10-23-20)24-13-5-3-11-8-17(25)28-15(11)9-13;23-8-10-1-4-13-15(5-10)26-19-17(13)18(20-9-21-19)22-12-3-2-11-6-16(24)25-14(11)7-12/h3,5,9-10,12H,2,4,6-8H2,1H3,(H,22,23,24);2-3,7,9-10,23H,1,4-6,8H2,(H,20,21,22). The molecule has 11 nitrogen and oxygen atoms in total. The third kappa shape index (κ3) is 7.24. The van der Waals surface area contributed by atoms with E-state index in [9.17, 15) is 19.5 Å². The summed E-state index contributed by atoms with van der Waals surface area (Å²) in [6, 6.07) is 12.0. The van der Waals surface area contributed by atoms with E-state index in [2.05, 4.69) is 30.6 Å². The van der Waals surface area contributed by atoms with E-state index in [0.29, 0.717) is 31.8 Å². The van der Waals surface area contributed by atoms with Crippen LogP contribution in [-0.2, 0) is 57.6 Å². The van der Waals surface area contributed by atoms with Gasteiger partial charge < -0.3 is 20.5 Å². The molecule has 0 bridgehead atoms. The maximum Gasteiger partial charge on any atom is 0.309 e. The molecule has 4 aromatic heterocycles. The first kappa shape index (κ1) is 36.2. The van der Waals surface area contributed by atoms with Crippen LogP contribution in [0.2, 0.25) is 0 Å². The highest BCUT2D eigenvalue weighted by atomic mass is 32.2. The SMILES string of the molecule is CCOC(=O)C1CCc2c(sc3ncnc(Nc4ccc5c(c4)SC(=O)C5)c23)C1.O=C1Cc2ccc(Nc3ncnc4sc5c(c34)CCC(CO)C5)cc2S1. The van der Waals surface area contributed by atoms with Gasteiger partial charge in [-0.15, -0.1) is 22.7 Å². The quantitative estimate of drug-likeness (QED) is 0.134. The molecule has 2 aliphatic carbocycles. The van der Waals surface area contributed by atoms with Crippen molar-refractivity contribution in [2.24, 2.45) is 11.8 Å². The fraction of sp³-hybridized carbons (Fsp3) is 0.325. The van der Waals surface area contributed by atoms with E-state index in [-0.39, 0.29) is 28.7 Å². The lowest BCUT2D eigenvalue weighted by Crippen LogP contribution is -2.23. The molecule has 0 saturated carbocycles. The number of carbonyl (C=O) groups excluding carboxylic acids is 3. The molecule has 0 spiro atoms. The minimum Gasteiger partial charge on any atom is -0.466 e. The minimum absolute atomic E-state index is 0.0776. The van der Waals surface area contributed by atoms with E-state index < -0.39 is 0 Å². The number of aliphatic hydroxyl groups excluding tert-OH is 1. The van der Waals surface area contributed by atoms with Crippen molar-refractivity contribution in [3.63, 3.8) is 0 Å². The first-order valence-corrected chi connectivity index (χ1v) is 21.6. The van der Waals surface area contributed by atoms with Crippen molar-refractivity contribution in [3.05, 3.63) is 81.1 Å². The van der Waals surface area contributed by atoms with Crippen LogP contribution in [0.5, 0.6) is 0 Å². The molecule has 2 atom stereocenters. The second-order valence-corrected chi connectivity index (χ2v) is 18.4. The normalized spacial score (nSPS) is 18.3. The molecule has 55 heavy (non-hydrogen) atoms. The maximum atomic E-state index is 12.2. The Morgan fingerprint density at radius 1 is 0.782 bits per heavy atom. The summed E-state index contributed by atoms with van der Waals surface area (Å²) in [7, 11) is 0. The zero-order valence-electron chi connectivity index (χ0n) is 29.8. The number of hydrogen-bond acceptors (Lipinski definition) is 15. The molecular formula is C40H36N6O5S4. The van der Waals surface area contributed by atoms with Gasteiger partial charge in [0.25, 0.3) is 0 Å². The molecular weight excluding hydrogens is 773 g/mol. The van der Waals surface area contributed by atoms with Crippen molar-refractivity contribution in [1.82, 2.24) is 19.9 Å². The number of anilines is 4. The van der Waals surface area contributed by atoms with Crippen LogP contribution in [0.3, 0.4) is 0 Å². The Hall–Kier alpha value is -4.41. The van der Waals surface area contributed by atoms with Crippen LogP contribution in [0.1, 0.15) is 51.8 Å². The fourth-order valence-corrected chi connectivity index (χ4v) is 12.2. The second-order valence-electron chi connectivity index (χ2n) is 14.0. The van der Waals surface area contributed by atoms with Crippen LogP contribution in [0.15, 0.2) is 58.8 Å². The van der Waals surface area contributed by atoms with Crippen LogP contribution < -0.4 is 10.6 Å². The Kier molecular flexibility index (Phi) is 10.1. The summed E-state index contributed by atoms with van der Waals surface area (Å²) in [6.45, 7) is 2.50. The van der Waals surface area contributed by atoms with Crippen molar-refractivity contribution in [2.45, 2.75) is 68.1 Å². The lowest BCUT2D eigenvalue weighted by Gasteiger charge is -2.20. The monoisotopic (exact) mass is 808 g/mol. The number of esters is 1. The molecule has 280 valence electrons. The number of benzene rings is 2. The predicted octanol–water partition coefficient (Wildman–Crippen LogP) is 7.98. The summed E-state index contributed by atoms with van der Waals surface area (Å²) in [6.07, 6.45) is 9.36. The Bertz CT molecular complexity index is 2520. The van der Waals surface area contributed by atoms with E-state index in [1.54, 1.807) is 35.3 Å². The smallest absolute Gasteiger partial charge is 0.309 e. The van der Waals surface area contributed by atoms with Crippen LogP contribution in [0.25, 0.3) is 20.4 Å². The molecule has 2 aliphatic heterocycles. The number of aromatic nitrogens is 4. The fourth-order valence-electron chi connectivity index (χ4n) is 7.74. The molecule has 0 saturated heterocycles. The number of fused-ring (bicyclic) bond motifs is 8. The largest absolute Gasteiger partial charge is 0.466 e. The summed E-state index contributed by atoms with van der Waals surface area (Å²) >= 11 is 5.96. The van der Waals surface area contributed by atoms with E-state index >= 15 is 0 Å². The minimum atomic E-state index is -0.106. The van der Waals surface area contributed by atoms with Gasteiger partial charge in [-0.2, -0.15) is 0 Å². The number of nitrogens with zero attached hydrogens (tertiary/aromatic N) is 4. The average molecular weight is 809 g/mol. The van der Waals surface area contributed by atoms with Gasteiger partial charge in [-0.3, -0.25) is 14.4 Å². The van der Waals surface area contributed by atoms with Crippen molar-refractivity contribution in [2.75, 3.05) is 23.8 Å². The van der Waals surface area contributed by atoms with Gasteiger partial charge in [0, 0.05) is 50.4 Å². The zero-order valence-corrected chi connectivity index (χ0v) is 33.1. The third-order valence-electron chi connectivity index (χ3n) is 10.4. The van der Waals surface area contributed by atoms with Gasteiger partial charge in [0.15, 0.2) is 10.2 Å². The third-order valence-corrected chi connectivity index (χ3v) is 14.7. The average Bonchev–Trinajstić information content (AvgIpc) is 3.95. The van der Waals surface area contributed by atoms with Gasteiger partial charge in [-0.05, 0) is 97.9 Å². The van der Waals surface area contributed by atoms with Crippen molar-refractivity contribution in [1.29, 1.82) is 0 Å². The second kappa shape index (κ2) is 15.3. The lowest BCUT2D eigenvalue weighted by atomic mass is 9.88. The van der Waals surface area contributed by atoms with Crippen molar-refractivity contribution >= 4 is 106 Å². The number of carbonyl (C=O) groups is 3. The maximum absolute atomic E-state index is 12.2. The van der Waals surface area contributed by atoms with E-state index in [1.807, 2.05) is 43.3 Å². The molecule has 6 heterocycles. The summed E-state index contributed by atoms with van der Waals surface area (Å²) in [5.41, 5.74) is 6.58. The molecule has 4 aliphatic rings. The number of aliphatic hydroxyl groups is 1. The van der Waals surface area contributed by atoms with Gasteiger partial charge in [-0.25, -0.2) is 19.9 Å². The number of nitrogens with one attached hydrogen (secondary N) is 2. The van der Waals surface area contributed by atoms with Crippen LogP contribution in [0, 0.1) is 11.8 Å². The number of thiophene rings is 2. The van der Waals surface area contributed by atoms with E-state index in [4.69, 9.17) is 4.74 Å². The van der Waals surface area contributed by atoms with Gasteiger partial charge in [0.1, 0.15) is 34.0 Å². The van der Waals surface area contributed by atoms with Crippen molar-refractivity contribution in [3.8, 4) is 0 Å². The number of thioether (sulfide) groups is 2. The highest BCUT2D eigenvalue weighted by molar-refractivity contribution is 8.14. The predicted molar refractivity (Wildman–Crippen MR) is 218 cm³/mol. The summed E-state index contributed by atoms with van der Waals surface area (Å²) in [5, 5.41) is 18.9. The van der Waals surface area contributed by atoms with Gasteiger partial charge in [0.05, 0.1) is 23.3 Å². The zero-order chi connectivity index (χ0) is 37.6. The van der Waals surface area contributed by atoms with Crippen LogP contribution >= 0.6 is 46.2 Å². The number of rotatable bonds is 7. The highest BCUT2D eigenvalue weighted by Gasteiger charge is 2.30.